The van der Waals surface area contributed by atoms with E-state index in [1.54, 1.807) is 13.1 Å². The molecule has 0 atom stereocenters. The van der Waals surface area contributed by atoms with Crippen LogP contribution in [0.5, 0.6) is 0 Å². The summed E-state index contributed by atoms with van der Waals surface area (Å²) >= 11 is 0. The van der Waals surface area contributed by atoms with E-state index in [2.05, 4.69) is 9.55 Å². The second-order valence-electron chi connectivity index (χ2n) is 3.46. The summed E-state index contributed by atoms with van der Waals surface area (Å²) in [6.45, 7) is 1.80. The molecule has 1 aromatic heterocycles. The standard InChI is InChI=1S/C10H12N2O/c1-8(6-13)4-10-5-11-7-12(10)9-2-3-9/h4-7,9H,2-3H2,1H3/b8-4+. The molecule has 1 aliphatic rings. The number of nitrogens with zero attached hydrogens (tertiary/aromatic N) is 2. The van der Waals surface area contributed by atoms with Crippen LogP contribution < -0.4 is 0 Å². The van der Waals surface area contributed by atoms with E-state index >= 15 is 0 Å². The molecule has 13 heavy (non-hydrogen) atoms. The number of carbonyl (C=O) groups excluding carboxylic acids is 1. The molecule has 68 valence electrons. The summed E-state index contributed by atoms with van der Waals surface area (Å²) in [5, 5.41) is 0. The van der Waals surface area contributed by atoms with E-state index in [1.807, 2.05) is 12.4 Å². The minimum atomic E-state index is 0.619. The maximum atomic E-state index is 10.4. The van der Waals surface area contributed by atoms with E-state index in [0.717, 1.165) is 17.6 Å². The predicted molar refractivity (Wildman–Crippen MR) is 50.2 cm³/mol. The van der Waals surface area contributed by atoms with Crippen LogP contribution in [0.25, 0.3) is 6.08 Å². The minimum Gasteiger partial charge on any atom is -0.328 e. The summed E-state index contributed by atoms with van der Waals surface area (Å²) in [5.74, 6) is 0. The predicted octanol–water partition coefficient (Wildman–Crippen LogP) is 1.82. The summed E-state index contributed by atoms with van der Waals surface area (Å²) in [6, 6.07) is 0.619. The number of aldehydes is 1. The molecule has 2 rings (SSSR count). The van der Waals surface area contributed by atoms with E-state index < -0.39 is 0 Å². The number of aromatic nitrogens is 2. The molecule has 3 heteroatoms. The van der Waals surface area contributed by atoms with Crippen LogP contribution in [-0.2, 0) is 4.79 Å². The smallest absolute Gasteiger partial charge is 0.145 e. The number of rotatable bonds is 3. The molecule has 0 unspecified atom stereocenters. The molecular weight excluding hydrogens is 164 g/mol. The first-order valence-corrected chi connectivity index (χ1v) is 4.46. The summed E-state index contributed by atoms with van der Waals surface area (Å²) in [4.78, 5) is 14.5. The van der Waals surface area contributed by atoms with Gasteiger partial charge in [-0.25, -0.2) is 4.98 Å². The van der Waals surface area contributed by atoms with Gasteiger partial charge >= 0.3 is 0 Å². The van der Waals surface area contributed by atoms with Crippen molar-refractivity contribution >= 4 is 12.4 Å². The summed E-state index contributed by atoms with van der Waals surface area (Å²) < 4.78 is 2.13. The zero-order valence-corrected chi connectivity index (χ0v) is 7.60. The number of imidazole rings is 1. The molecule has 0 aromatic carbocycles. The Morgan fingerprint density at radius 3 is 3.08 bits per heavy atom. The normalized spacial score (nSPS) is 17.5. The average Bonchev–Trinajstić information content (AvgIpc) is 2.88. The number of hydrogen-bond acceptors (Lipinski definition) is 2. The van der Waals surface area contributed by atoms with Gasteiger partial charge in [-0.3, -0.25) is 4.79 Å². The third-order valence-corrected chi connectivity index (χ3v) is 2.20. The SMILES string of the molecule is C/C(C=O)=C\c1cncn1C1CC1. The Balaban J connectivity index is 2.28. The van der Waals surface area contributed by atoms with Gasteiger partial charge < -0.3 is 4.57 Å². The van der Waals surface area contributed by atoms with Gasteiger partial charge in [0.25, 0.3) is 0 Å². The van der Waals surface area contributed by atoms with Crippen LogP contribution >= 0.6 is 0 Å². The van der Waals surface area contributed by atoms with Crippen LogP contribution in [0, 0.1) is 0 Å². The molecule has 0 aliphatic heterocycles. The van der Waals surface area contributed by atoms with E-state index in [0.29, 0.717) is 6.04 Å². The quantitative estimate of drug-likeness (QED) is 0.520. The third-order valence-electron chi connectivity index (χ3n) is 2.20. The van der Waals surface area contributed by atoms with Crippen LogP contribution in [0.4, 0.5) is 0 Å². The molecule has 1 aromatic rings. The Labute approximate surface area is 77.1 Å². The van der Waals surface area contributed by atoms with E-state index in [1.165, 1.54) is 12.8 Å². The molecule has 1 fully saturated rings. The first kappa shape index (κ1) is 8.23. The highest BCUT2D eigenvalue weighted by molar-refractivity contribution is 5.80. The van der Waals surface area contributed by atoms with Gasteiger partial charge in [0.2, 0.25) is 0 Å². The van der Waals surface area contributed by atoms with Crippen molar-refractivity contribution in [1.29, 1.82) is 0 Å². The van der Waals surface area contributed by atoms with Gasteiger partial charge in [0.1, 0.15) is 6.29 Å². The van der Waals surface area contributed by atoms with Crippen molar-refractivity contribution in [2.24, 2.45) is 0 Å². The third kappa shape index (κ3) is 1.69. The Bertz CT molecular complexity index is 348. The van der Waals surface area contributed by atoms with Crippen molar-refractivity contribution in [2.75, 3.05) is 0 Å². The van der Waals surface area contributed by atoms with E-state index in [-0.39, 0.29) is 0 Å². The zero-order valence-electron chi connectivity index (χ0n) is 7.60. The second-order valence-corrected chi connectivity index (χ2v) is 3.46. The Hall–Kier alpha value is -1.38. The van der Waals surface area contributed by atoms with Gasteiger partial charge in [0, 0.05) is 6.04 Å². The van der Waals surface area contributed by atoms with Gasteiger partial charge in [-0.05, 0) is 31.4 Å². The Kier molecular flexibility index (Phi) is 2.00. The summed E-state index contributed by atoms with van der Waals surface area (Å²) in [7, 11) is 0. The molecule has 1 aliphatic carbocycles. The maximum Gasteiger partial charge on any atom is 0.145 e. The van der Waals surface area contributed by atoms with Gasteiger partial charge in [0.15, 0.2) is 0 Å². The molecule has 1 saturated carbocycles. The molecule has 0 spiro atoms. The lowest BCUT2D eigenvalue weighted by atomic mass is 10.3. The van der Waals surface area contributed by atoms with Gasteiger partial charge in [-0.2, -0.15) is 0 Å². The van der Waals surface area contributed by atoms with Crippen LogP contribution in [-0.4, -0.2) is 15.8 Å². The van der Waals surface area contributed by atoms with E-state index in [9.17, 15) is 4.79 Å². The fourth-order valence-electron chi connectivity index (χ4n) is 1.35. The minimum absolute atomic E-state index is 0.619. The number of hydrogen-bond donors (Lipinski definition) is 0. The van der Waals surface area contributed by atoms with Crippen molar-refractivity contribution in [3.8, 4) is 0 Å². The van der Waals surface area contributed by atoms with Crippen LogP contribution in [0.15, 0.2) is 18.1 Å². The summed E-state index contributed by atoms with van der Waals surface area (Å²) in [5.41, 5.74) is 1.77. The highest BCUT2D eigenvalue weighted by atomic mass is 16.1. The lowest BCUT2D eigenvalue weighted by molar-refractivity contribution is -0.104. The molecular formula is C10H12N2O. The maximum absolute atomic E-state index is 10.4. The van der Waals surface area contributed by atoms with Gasteiger partial charge in [-0.1, -0.05) is 0 Å². The monoisotopic (exact) mass is 176 g/mol. The highest BCUT2D eigenvalue weighted by Gasteiger charge is 2.24. The fourth-order valence-corrected chi connectivity index (χ4v) is 1.35. The molecule has 0 amide bonds. The molecule has 0 saturated heterocycles. The number of carbonyl (C=O) groups is 1. The van der Waals surface area contributed by atoms with Crippen molar-refractivity contribution in [3.63, 3.8) is 0 Å². The Morgan fingerprint density at radius 1 is 1.69 bits per heavy atom. The van der Waals surface area contributed by atoms with Crippen LogP contribution in [0.3, 0.4) is 0 Å². The van der Waals surface area contributed by atoms with E-state index in [4.69, 9.17) is 0 Å². The lowest BCUT2D eigenvalue weighted by Gasteiger charge is -2.01. The topological polar surface area (TPSA) is 34.9 Å². The van der Waals surface area contributed by atoms with Crippen molar-refractivity contribution in [1.82, 2.24) is 9.55 Å². The first-order chi connectivity index (χ1) is 6.31. The molecule has 3 nitrogen and oxygen atoms in total. The second kappa shape index (κ2) is 3.17. The van der Waals surface area contributed by atoms with Crippen molar-refractivity contribution in [3.05, 3.63) is 23.8 Å². The largest absolute Gasteiger partial charge is 0.328 e. The lowest BCUT2D eigenvalue weighted by Crippen LogP contribution is -1.94. The van der Waals surface area contributed by atoms with Crippen molar-refractivity contribution in [2.45, 2.75) is 25.8 Å². The van der Waals surface area contributed by atoms with Crippen LogP contribution in [0.2, 0.25) is 0 Å². The zero-order chi connectivity index (χ0) is 9.26. The molecule has 0 N–H and O–H groups in total. The molecule has 0 radical (unpaired) electrons. The average molecular weight is 176 g/mol. The highest BCUT2D eigenvalue weighted by Crippen LogP contribution is 2.35. The van der Waals surface area contributed by atoms with Crippen molar-refractivity contribution < 1.29 is 4.79 Å². The molecule has 1 heterocycles. The Morgan fingerprint density at radius 2 is 2.46 bits per heavy atom. The summed E-state index contributed by atoms with van der Waals surface area (Å²) in [6.07, 6.45) is 8.84. The fraction of sp³-hybridized carbons (Fsp3) is 0.400. The first-order valence-electron chi connectivity index (χ1n) is 4.46. The number of allylic oxidation sites excluding steroid dienone is 1. The van der Waals surface area contributed by atoms with Crippen LogP contribution in [0.1, 0.15) is 31.5 Å². The van der Waals surface area contributed by atoms with Gasteiger partial charge in [0.05, 0.1) is 18.2 Å². The van der Waals surface area contributed by atoms with Gasteiger partial charge in [-0.15, -0.1) is 0 Å². The molecule has 0 bridgehead atoms.